The molecule has 5 nitrogen and oxygen atoms in total. The third kappa shape index (κ3) is 4.35. The van der Waals surface area contributed by atoms with Crippen molar-refractivity contribution in [2.45, 2.75) is 12.8 Å². The number of hydrogen-bond acceptors (Lipinski definition) is 3. The number of likely N-dealkylation sites (tertiary alicyclic amines) is 1. The molecule has 1 aliphatic heterocycles. The standard InChI is InChI=1S/C15H21N3O2/c1-17(12-15(20)18-9-5-6-10-18)11-14(19)16-13-7-3-2-4-8-13/h2-4,7-8H,5-6,9-12H2,1H3,(H,16,19). The van der Waals surface area contributed by atoms with Crippen LogP contribution in [0.25, 0.3) is 0 Å². The molecule has 2 amide bonds. The van der Waals surface area contributed by atoms with Crippen molar-refractivity contribution in [1.82, 2.24) is 9.80 Å². The van der Waals surface area contributed by atoms with E-state index in [1.807, 2.05) is 35.2 Å². The Kier molecular flexibility index (Phi) is 5.12. The van der Waals surface area contributed by atoms with Crippen LogP contribution in [0.3, 0.4) is 0 Å². The number of anilines is 1. The van der Waals surface area contributed by atoms with Crippen molar-refractivity contribution in [3.63, 3.8) is 0 Å². The molecule has 0 saturated carbocycles. The number of benzene rings is 1. The van der Waals surface area contributed by atoms with Gasteiger partial charge in [0.15, 0.2) is 0 Å². The van der Waals surface area contributed by atoms with E-state index in [2.05, 4.69) is 5.32 Å². The molecule has 1 aromatic rings. The summed E-state index contributed by atoms with van der Waals surface area (Å²) >= 11 is 0. The van der Waals surface area contributed by atoms with E-state index in [0.717, 1.165) is 31.6 Å². The third-order valence-corrected chi connectivity index (χ3v) is 3.34. The monoisotopic (exact) mass is 275 g/mol. The topological polar surface area (TPSA) is 52.7 Å². The smallest absolute Gasteiger partial charge is 0.238 e. The van der Waals surface area contributed by atoms with Crippen molar-refractivity contribution < 1.29 is 9.59 Å². The summed E-state index contributed by atoms with van der Waals surface area (Å²) < 4.78 is 0. The number of para-hydroxylation sites is 1. The van der Waals surface area contributed by atoms with E-state index < -0.39 is 0 Å². The molecule has 0 atom stereocenters. The molecule has 0 radical (unpaired) electrons. The highest BCUT2D eigenvalue weighted by molar-refractivity contribution is 5.92. The lowest BCUT2D eigenvalue weighted by atomic mass is 10.3. The summed E-state index contributed by atoms with van der Waals surface area (Å²) in [7, 11) is 1.79. The van der Waals surface area contributed by atoms with Crippen LogP contribution in [-0.4, -0.2) is 54.8 Å². The highest BCUT2D eigenvalue weighted by Gasteiger charge is 2.19. The Bertz CT molecular complexity index is 455. The first-order chi connectivity index (χ1) is 9.65. The highest BCUT2D eigenvalue weighted by atomic mass is 16.2. The second-order valence-corrected chi connectivity index (χ2v) is 5.17. The summed E-state index contributed by atoms with van der Waals surface area (Å²) in [5.74, 6) is 0.00503. The summed E-state index contributed by atoms with van der Waals surface area (Å²) in [4.78, 5) is 27.4. The van der Waals surface area contributed by atoms with Gasteiger partial charge in [-0.25, -0.2) is 0 Å². The first kappa shape index (κ1) is 14.5. The fraction of sp³-hybridized carbons (Fsp3) is 0.467. The molecule has 1 fully saturated rings. The maximum absolute atomic E-state index is 11.9. The van der Waals surface area contributed by atoms with Gasteiger partial charge in [-0.05, 0) is 32.0 Å². The molecule has 1 saturated heterocycles. The van der Waals surface area contributed by atoms with E-state index in [4.69, 9.17) is 0 Å². The number of likely N-dealkylation sites (N-methyl/N-ethyl adjacent to an activating group) is 1. The third-order valence-electron chi connectivity index (χ3n) is 3.34. The van der Waals surface area contributed by atoms with Gasteiger partial charge in [-0.3, -0.25) is 14.5 Å². The minimum absolute atomic E-state index is 0.104. The van der Waals surface area contributed by atoms with Crippen LogP contribution in [0.5, 0.6) is 0 Å². The average molecular weight is 275 g/mol. The number of carbonyl (C=O) groups is 2. The van der Waals surface area contributed by atoms with Crippen LogP contribution < -0.4 is 5.32 Å². The van der Waals surface area contributed by atoms with Crippen LogP contribution in [0.15, 0.2) is 30.3 Å². The van der Waals surface area contributed by atoms with Gasteiger partial charge in [0.05, 0.1) is 13.1 Å². The molecule has 108 valence electrons. The molecule has 0 aromatic heterocycles. The summed E-state index contributed by atoms with van der Waals surface area (Å²) in [6.07, 6.45) is 2.17. The number of carbonyl (C=O) groups excluding carboxylic acids is 2. The van der Waals surface area contributed by atoms with Gasteiger partial charge in [0.2, 0.25) is 11.8 Å². The van der Waals surface area contributed by atoms with Crippen LogP contribution in [0.1, 0.15) is 12.8 Å². The molecule has 1 aromatic carbocycles. The van der Waals surface area contributed by atoms with Crippen LogP contribution in [0, 0.1) is 0 Å². The average Bonchev–Trinajstić information content (AvgIpc) is 2.93. The zero-order valence-corrected chi connectivity index (χ0v) is 11.8. The zero-order valence-electron chi connectivity index (χ0n) is 11.8. The Balaban J connectivity index is 1.74. The number of amides is 2. The molecule has 1 heterocycles. The summed E-state index contributed by atoms with van der Waals surface area (Å²) in [6.45, 7) is 2.21. The van der Waals surface area contributed by atoms with E-state index >= 15 is 0 Å². The lowest BCUT2D eigenvalue weighted by molar-refractivity contribution is -0.131. The zero-order chi connectivity index (χ0) is 14.4. The second-order valence-electron chi connectivity index (χ2n) is 5.17. The number of nitrogens with zero attached hydrogens (tertiary/aromatic N) is 2. The Hall–Kier alpha value is -1.88. The van der Waals surface area contributed by atoms with Gasteiger partial charge in [0.25, 0.3) is 0 Å². The van der Waals surface area contributed by atoms with Gasteiger partial charge in [-0.2, -0.15) is 0 Å². The molecule has 1 aliphatic rings. The molecule has 0 aliphatic carbocycles. The Labute approximate surface area is 119 Å². The van der Waals surface area contributed by atoms with Crippen molar-refractivity contribution in [3.05, 3.63) is 30.3 Å². The van der Waals surface area contributed by atoms with Crippen molar-refractivity contribution in [2.75, 3.05) is 38.5 Å². The van der Waals surface area contributed by atoms with E-state index in [9.17, 15) is 9.59 Å². The van der Waals surface area contributed by atoms with Gasteiger partial charge >= 0.3 is 0 Å². The second kappa shape index (κ2) is 7.05. The maximum atomic E-state index is 11.9. The van der Waals surface area contributed by atoms with Gasteiger partial charge in [-0.15, -0.1) is 0 Å². The Morgan fingerprint density at radius 2 is 1.80 bits per heavy atom. The quantitative estimate of drug-likeness (QED) is 0.878. The van der Waals surface area contributed by atoms with E-state index in [0.29, 0.717) is 6.54 Å². The molecule has 20 heavy (non-hydrogen) atoms. The number of nitrogens with one attached hydrogen (secondary N) is 1. The van der Waals surface area contributed by atoms with Crippen molar-refractivity contribution in [3.8, 4) is 0 Å². The molecule has 0 unspecified atom stereocenters. The van der Waals surface area contributed by atoms with Gasteiger partial charge < -0.3 is 10.2 Å². The van der Waals surface area contributed by atoms with Crippen LogP contribution >= 0.6 is 0 Å². The largest absolute Gasteiger partial charge is 0.342 e. The minimum atomic E-state index is -0.104. The van der Waals surface area contributed by atoms with E-state index in [1.54, 1.807) is 11.9 Å². The summed E-state index contributed by atoms with van der Waals surface area (Å²) in [5.41, 5.74) is 0.775. The van der Waals surface area contributed by atoms with Gasteiger partial charge in [0, 0.05) is 18.8 Å². The SMILES string of the molecule is CN(CC(=O)Nc1ccccc1)CC(=O)N1CCCC1. The first-order valence-electron chi connectivity index (χ1n) is 6.96. The lowest BCUT2D eigenvalue weighted by Gasteiger charge is -2.20. The van der Waals surface area contributed by atoms with Crippen molar-refractivity contribution in [1.29, 1.82) is 0 Å². The summed E-state index contributed by atoms with van der Waals surface area (Å²) in [6, 6.07) is 9.32. The summed E-state index contributed by atoms with van der Waals surface area (Å²) in [5, 5.41) is 2.81. The molecule has 5 heteroatoms. The predicted molar refractivity (Wildman–Crippen MR) is 78.4 cm³/mol. The number of rotatable bonds is 5. The van der Waals surface area contributed by atoms with Crippen molar-refractivity contribution in [2.24, 2.45) is 0 Å². The first-order valence-corrected chi connectivity index (χ1v) is 6.96. The maximum Gasteiger partial charge on any atom is 0.238 e. The predicted octanol–water partition coefficient (Wildman–Crippen LogP) is 1.18. The number of hydrogen-bond donors (Lipinski definition) is 1. The molecule has 1 N–H and O–H groups in total. The fourth-order valence-electron chi connectivity index (χ4n) is 2.32. The molecular weight excluding hydrogens is 254 g/mol. The molecule has 0 bridgehead atoms. The van der Waals surface area contributed by atoms with E-state index in [-0.39, 0.29) is 18.4 Å². The van der Waals surface area contributed by atoms with Gasteiger partial charge in [-0.1, -0.05) is 18.2 Å². The fourth-order valence-corrected chi connectivity index (χ4v) is 2.32. The molecule has 0 spiro atoms. The van der Waals surface area contributed by atoms with E-state index in [1.165, 1.54) is 0 Å². The minimum Gasteiger partial charge on any atom is -0.342 e. The normalized spacial score (nSPS) is 14.6. The highest BCUT2D eigenvalue weighted by Crippen LogP contribution is 2.08. The van der Waals surface area contributed by atoms with Gasteiger partial charge in [0.1, 0.15) is 0 Å². The van der Waals surface area contributed by atoms with Crippen LogP contribution in [-0.2, 0) is 9.59 Å². The molecule has 2 rings (SSSR count). The van der Waals surface area contributed by atoms with Crippen molar-refractivity contribution >= 4 is 17.5 Å². The van der Waals surface area contributed by atoms with Crippen LogP contribution in [0.4, 0.5) is 5.69 Å². The Morgan fingerprint density at radius 3 is 2.45 bits per heavy atom. The molecular formula is C15H21N3O2. The Morgan fingerprint density at radius 1 is 1.15 bits per heavy atom. The lowest BCUT2D eigenvalue weighted by Crippen LogP contribution is -2.40. The van der Waals surface area contributed by atoms with Crippen LogP contribution in [0.2, 0.25) is 0 Å².